The number of nitrogens with zero attached hydrogens (tertiary/aromatic N) is 3. The van der Waals surface area contributed by atoms with E-state index in [0.29, 0.717) is 22.6 Å². The van der Waals surface area contributed by atoms with E-state index < -0.39 is 11.7 Å². The number of aromatic amines is 1. The highest BCUT2D eigenvalue weighted by Crippen LogP contribution is 2.29. The quantitative estimate of drug-likeness (QED) is 0.697. The van der Waals surface area contributed by atoms with E-state index in [-0.39, 0.29) is 0 Å². The molecule has 0 atom stereocenters. The van der Waals surface area contributed by atoms with Crippen LogP contribution < -0.4 is 0 Å². The van der Waals surface area contributed by atoms with Crippen molar-refractivity contribution in [3.8, 4) is 0 Å². The summed E-state index contributed by atoms with van der Waals surface area (Å²) in [6.45, 7) is 1.88. The van der Waals surface area contributed by atoms with Crippen LogP contribution >= 0.6 is 12.2 Å². The average molecular weight is 300 g/mol. The van der Waals surface area contributed by atoms with Gasteiger partial charge >= 0.3 is 6.18 Å². The number of aromatic nitrogens is 3. The maximum atomic E-state index is 12.6. The number of nitrogens with one attached hydrogen (secondary N) is 1. The third-order valence-electron chi connectivity index (χ3n) is 2.57. The first kappa shape index (κ1) is 14.4. The van der Waals surface area contributed by atoms with Gasteiger partial charge in [0.15, 0.2) is 5.82 Å². The summed E-state index contributed by atoms with van der Waals surface area (Å²) >= 11 is 4.99. The standard InChI is InChI=1S/C12H11F3N4S/c1-2-10-17-18-11(20)19(10)16-7-8-4-3-5-9(6-8)12(13,14)15/h3-7H,2H2,1H3,(H,18,20)/b16-7+. The second kappa shape index (κ2) is 5.58. The molecule has 2 aromatic rings. The summed E-state index contributed by atoms with van der Waals surface area (Å²) in [6.07, 6.45) is -2.45. The van der Waals surface area contributed by atoms with E-state index in [4.69, 9.17) is 12.2 Å². The van der Waals surface area contributed by atoms with Gasteiger partial charge < -0.3 is 0 Å². The minimum atomic E-state index is -4.37. The predicted octanol–water partition coefficient (Wildman–Crippen LogP) is 3.40. The lowest BCUT2D eigenvalue weighted by Crippen LogP contribution is -2.05. The van der Waals surface area contributed by atoms with Crippen molar-refractivity contribution in [1.82, 2.24) is 14.9 Å². The average Bonchev–Trinajstić information content (AvgIpc) is 2.76. The van der Waals surface area contributed by atoms with Gasteiger partial charge in [0.05, 0.1) is 11.8 Å². The minimum absolute atomic E-state index is 0.296. The molecule has 0 aliphatic rings. The largest absolute Gasteiger partial charge is 0.416 e. The molecule has 0 saturated heterocycles. The van der Waals surface area contributed by atoms with Gasteiger partial charge in [0, 0.05) is 6.42 Å². The monoisotopic (exact) mass is 300 g/mol. The van der Waals surface area contributed by atoms with Gasteiger partial charge in [-0.25, -0.2) is 0 Å². The first-order valence-electron chi connectivity index (χ1n) is 5.79. The van der Waals surface area contributed by atoms with Gasteiger partial charge in [-0.05, 0) is 29.9 Å². The highest BCUT2D eigenvalue weighted by Gasteiger charge is 2.30. The molecule has 0 unspecified atom stereocenters. The van der Waals surface area contributed by atoms with Crippen LogP contribution in [0.25, 0.3) is 0 Å². The molecule has 2 rings (SSSR count). The maximum absolute atomic E-state index is 12.6. The summed E-state index contributed by atoms with van der Waals surface area (Å²) in [6, 6.07) is 4.91. The van der Waals surface area contributed by atoms with Crippen molar-refractivity contribution >= 4 is 18.4 Å². The van der Waals surface area contributed by atoms with E-state index in [1.165, 1.54) is 23.0 Å². The molecule has 1 aromatic carbocycles. The van der Waals surface area contributed by atoms with Gasteiger partial charge in [0.1, 0.15) is 0 Å². The van der Waals surface area contributed by atoms with Crippen molar-refractivity contribution in [1.29, 1.82) is 0 Å². The van der Waals surface area contributed by atoms with E-state index in [2.05, 4.69) is 15.3 Å². The second-order valence-corrected chi connectivity index (χ2v) is 4.36. The van der Waals surface area contributed by atoms with Crippen molar-refractivity contribution in [2.24, 2.45) is 5.10 Å². The van der Waals surface area contributed by atoms with Gasteiger partial charge in [-0.2, -0.15) is 28.0 Å². The van der Waals surface area contributed by atoms with Gasteiger partial charge in [-0.3, -0.25) is 5.10 Å². The number of alkyl halides is 3. The van der Waals surface area contributed by atoms with Crippen LogP contribution in [0.3, 0.4) is 0 Å². The van der Waals surface area contributed by atoms with Crippen LogP contribution in [0, 0.1) is 4.77 Å². The molecule has 1 heterocycles. The lowest BCUT2D eigenvalue weighted by molar-refractivity contribution is -0.137. The van der Waals surface area contributed by atoms with Gasteiger partial charge in [-0.1, -0.05) is 19.1 Å². The second-order valence-electron chi connectivity index (χ2n) is 3.98. The molecule has 1 N–H and O–H groups in total. The summed E-state index contributed by atoms with van der Waals surface area (Å²) < 4.78 is 39.4. The first-order chi connectivity index (χ1) is 9.41. The fourth-order valence-corrected chi connectivity index (χ4v) is 1.79. The Hall–Kier alpha value is -1.96. The van der Waals surface area contributed by atoms with Crippen molar-refractivity contribution in [3.63, 3.8) is 0 Å². The molecule has 0 bridgehead atoms. The molecule has 20 heavy (non-hydrogen) atoms. The summed E-state index contributed by atoms with van der Waals surface area (Å²) in [5, 5.41) is 10.6. The Labute approximate surface area is 117 Å². The molecule has 0 radical (unpaired) electrons. The molecule has 0 saturated carbocycles. The van der Waals surface area contributed by atoms with Crippen LogP contribution in [0.1, 0.15) is 23.9 Å². The zero-order chi connectivity index (χ0) is 14.8. The Morgan fingerprint density at radius 1 is 1.45 bits per heavy atom. The molecule has 8 heteroatoms. The van der Waals surface area contributed by atoms with Crippen LogP contribution in [0.5, 0.6) is 0 Å². The summed E-state index contributed by atoms with van der Waals surface area (Å²) in [7, 11) is 0. The Morgan fingerprint density at radius 3 is 2.85 bits per heavy atom. The fraction of sp³-hybridized carbons (Fsp3) is 0.250. The van der Waals surface area contributed by atoms with E-state index in [1.54, 1.807) is 0 Å². The highest BCUT2D eigenvalue weighted by atomic mass is 32.1. The van der Waals surface area contributed by atoms with Gasteiger partial charge in [-0.15, -0.1) is 0 Å². The van der Waals surface area contributed by atoms with Crippen molar-refractivity contribution in [3.05, 3.63) is 46.0 Å². The van der Waals surface area contributed by atoms with E-state index in [1.807, 2.05) is 6.92 Å². The summed E-state index contributed by atoms with van der Waals surface area (Å²) in [4.78, 5) is 0. The SMILES string of the molecule is CCc1n[nH]c(=S)n1/N=C/c1cccc(C(F)(F)F)c1. The fourth-order valence-electron chi connectivity index (χ4n) is 1.59. The lowest BCUT2D eigenvalue weighted by atomic mass is 10.1. The van der Waals surface area contributed by atoms with Crippen molar-refractivity contribution in [2.45, 2.75) is 19.5 Å². The van der Waals surface area contributed by atoms with Crippen molar-refractivity contribution < 1.29 is 13.2 Å². The smallest absolute Gasteiger partial charge is 0.250 e. The third kappa shape index (κ3) is 3.13. The normalized spacial score (nSPS) is 12.2. The van der Waals surface area contributed by atoms with Crippen LogP contribution in [-0.2, 0) is 12.6 Å². The molecule has 0 spiro atoms. The molecule has 1 aromatic heterocycles. The Bertz CT molecular complexity index is 684. The topological polar surface area (TPSA) is 46.0 Å². The first-order valence-corrected chi connectivity index (χ1v) is 6.20. The number of benzene rings is 1. The van der Waals surface area contributed by atoms with Crippen LogP contribution in [0.2, 0.25) is 0 Å². The van der Waals surface area contributed by atoms with Crippen LogP contribution in [-0.4, -0.2) is 21.1 Å². The maximum Gasteiger partial charge on any atom is 0.416 e. The van der Waals surface area contributed by atoms with Gasteiger partial charge in [0.2, 0.25) is 4.77 Å². The van der Waals surface area contributed by atoms with E-state index in [9.17, 15) is 13.2 Å². The molecule has 0 aliphatic carbocycles. The molecule has 0 aliphatic heterocycles. The predicted molar refractivity (Wildman–Crippen MR) is 71.2 cm³/mol. The summed E-state index contributed by atoms with van der Waals surface area (Å²) in [5.74, 6) is 0.609. The van der Waals surface area contributed by atoms with E-state index >= 15 is 0 Å². The third-order valence-corrected chi connectivity index (χ3v) is 2.83. The summed E-state index contributed by atoms with van der Waals surface area (Å²) in [5.41, 5.74) is -0.377. The molecule has 106 valence electrons. The molecular weight excluding hydrogens is 289 g/mol. The number of H-pyrrole nitrogens is 1. The van der Waals surface area contributed by atoms with Crippen LogP contribution in [0.4, 0.5) is 13.2 Å². The van der Waals surface area contributed by atoms with Crippen LogP contribution in [0.15, 0.2) is 29.4 Å². The number of hydrogen-bond donors (Lipinski definition) is 1. The zero-order valence-electron chi connectivity index (χ0n) is 10.5. The molecular formula is C12H11F3N4S. The number of rotatable bonds is 3. The highest BCUT2D eigenvalue weighted by molar-refractivity contribution is 7.71. The number of hydrogen-bond acceptors (Lipinski definition) is 3. The molecule has 0 amide bonds. The number of aryl methyl sites for hydroxylation is 1. The van der Waals surface area contributed by atoms with Gasteiger partial charge in [0.25, 0.3) is 0 Å². The Morgan fingerprint density at radius 2 is 2.20 bits per heavy atom. The lowest BCUT2D eigenvalue weighted by Gasteiger charge is -2.06. The Balaban J connectivity index is 2.32. The molecule has 0 fully saturated rings. The minimum Gasteiger partial charge on any atom is -0.250 e. The van der Waals surface area contributed by atoms with E-state index in [0.717, 1.165) is 12.1 Å². The van der Waals surface area contributed by atoms with Crippen molar-refractivity contribution in [2.75, 3.05) is 0 Å². The number of halogens is 3. The molecule has 4 nitrogen and oxygen atoms in total. The Kier molecular flexibility index (Phi) is 4.03. The zero-order valence-corrected chi connectivity index (χ0v) is 11.3.